The summed E-state index contributed by atoms with van der Waals surface area (Å²) in [5.74, 6) is 2.02. The molecule has 0 amide bonds. The highest BCUT2D eigenvalue weighted by atomic mass is 15.1. The maximum absolute atomic E-state index is 5.12. The molecule has 0 aliphatic heterocycles. The van der Waals surface area contributed by atoms with Gasteiger partial charge in [0.05, 0.1) is 34.2 Å². The molecule has 9 aromatic carbocycles. The zero-order valence-corrected chi connectivity index (χ0v) is 39.6. The Morgan fingerprint density at radius 1 is 0.178 bits per heavy atom. The van der Waals surface area contributed by atoms with E-state index in [0.29, 0.717) is 17.5 Å². The molecule has 73 heavy (non-hydrogen) atoms. The highest BCUT2D eigenvalue weighted by molar-refractivity contribution is 5.82. The van der Waals surface area contributed by atoms with Crippen LogP contribution in [0.5, 0.6) is 0 Å². The van der Waals surface area contributed by atoms with E-state index in [-0.39, 0.29) is 0 Å². The molecule has 12 rings (SSSR count). The Labute approximate surface area is 424 Å². The Balaban J connectivity index is 0.949. The Kier molecular flexibility index (Phi) is 12.2. The fourth-order valence-electron chi connectivity index (χ4n) is 9.00. The fraction of sp³-hybridized carbons (Fsp3) is 0. The van der Waals surface area contributed by atoms with Crippen molar-refractivity contribution in [3.8, 4) is 102 Å². The van der Waals surface area contributed by atoms with E-state index in [1.165, 1.54) is 0 Å². The van der Waals surface area contributed by atoms with Gasteiger partial charge in [-0.25, -0.2) is 29.9 Å². The summed E-state index contributed by atoms with van der Waals surface area (Å²) in [5.41, 5.74) is 16.9. The first-order chi connectivity index (χ1) is 36.1. The molecule has 0 atom stereocenters. The summed E-state index contributed by atoms with van der Waals surface area (Å²) in [5, 5.41) is 0. The molecule has 0 N–H and O–H groups in total. The molecule has 0 aliphatic carbocycles. The lowest BCUT2D eigenvalue weighted by Gasteiger charge is -2.26. The molecule has 7 heteroatoms. The first-order valence-corrected chi connectivity index (χ1v) is 24.3. The van der Waals surface area contributed by atoms with Crippen molar-refractivity contribution in [2.45, 2.75) is 0 Å². The van der Waals surface area contributed by atoms with Gasteiger partial charge >= 0.3 is 0 Å². The lowest BCUT2D eigenvalue weighted by Crippen LogP contribution is -2.10. The largest absolute Gasteiger partial charge is 0.311 e. The third-order valence-electron chi connectivity index (χ3n) is 12.7. The second kappa shape index (κ2) is 20.2. The van der Waals surface area contributed by atoms with E-state index >= 15 is 0 Å². The quantitative estimate of drug-likeness (QED) is 0.121. The van der Waals surface area contributed by atoms with Gasteiger partial charge in [-0.15, -0.1) is 0 Å². The third kappa shape index (κ3) is 9.67. The van der Waals surface area contributed by atoms with E-state index in [2.05, 4.69) is 169 Å². The van der Waals surface area contributed by atoms with Crippen molar-refractivity contribution in [2.24, 2.45) is 0 Å². The van der Waals surface area contributed by atoms with Crippen molar-refractivity contribution < 1.29 is 0 Å². The molecule has 12 aromatic rings. The fourth-order valence-corrected chi connectivity index (χ4v) is 9.00. The van der Waals surface area contributed by atoms with Gasteiger partial charge in [0.15, 0.2) is 17.5 Å². The minimum absolute atomic E-state index is 0.675. The van der Waals surface area contributed by atoms with Crippen molar-refractivity contribution in [1.29, 1.82) is 0 Å². The Morgan fingerprint density at radius 3 is 0.562 bits per heavy atom. The zero-order valence-electron chi connectivity index (χ0n) is 39.6. The minimum atomic E-state index is 0.675. The van der Waals surface area contributed by atoms with E-state index in [0.717, 1.165) is 101 Å². The van der Waals surface area contributed by atoms with Crippen molar-refractivity contribution in [1.82, 2.24) is 29.9 Å². The standard InChI is InChI=1S/C66H45N7/c1-7-19-46(20-8-1)58-43-61(70-64(67-58)52-25-13-4-14-26-52)49-31-37-55(38-32-49)73(56-39-33-50(34-40-56)62-44-59(47-21-9-2-10-22-47)68-65(71-62)53-27-15-5-16-28-53)57-41-35-51(36-42-57)63-45-60(48-23-11-3-12-24-48)69-66(72-63)54-29-17-6-18-30-54/h1-45H. The Morgan fingerprint density at radius 2 is 0.356 bits per heavy atom. The smallest absolute Gasteiger partial charge is 0.160 e. The van der Waals surface area contributed by atoms with Crippen LogP contribution in [0.2, 0.25) is 0 Å². The normalized spacial score (nSPS) is 11.0. The van der Waals surface area contributed by atoms with E-state index in [9.17, 15) is 0 Å². The molecule has 7 nitrogen and oxygen atoms in total. The number of aromatic nitrogens is 6. The van der Waals surface area contributed by atoms with Crippen LogP contribution >= 0.6 is 0 Å². The molecule has 0 fully saturated rings. The van der Waals surface area contributed by atoms with Gasteiger partial charge in [-0.1, -0.05) is 218 Å². The maximum Gasteiger partial charge on any atom is 0.160 e. The summed E-state index contributed by atoms with van der Waals surface area (Å²) in [4.78, 5) is 32.7. The first kappa shape index (κ1) is 44.2. The Bertz CT molecular complexity index is 3210. The van der Waals surface area contributed by atoms with Crippen molar-refractivity contribution in [3.63, 3.8) is 0 Å². The van der Waals surface area contributed by atoms with Crippen molar-refractivity contribution in [2.75, 3.05) is 4.90 Å². The lowest BCUT2D eigenvalue weighted by atomic mass is 10.0. The topological polar surface area (TPSA) is 80.6 Å². The molecule has 3 aromatic heterocycles. The SMILES string of the molecule is c1ccc(-c2cc(-c3ccc(N(c4ccc(-c5cc(-c6ccccc6)nc(-c6ccccc6)n5)cc4)c4ccc(-c5cc(-c6ccccc6)nc(-c6ccccc6)n5)cc4)cc3)nc(-c3ccccc3)n2)cc1. The molecule has 0 spiro atoms. The number of nitrogens with zero attached hydrogens (tertiary/aromatic N) is 7. The number of benzene rings is 9. The van der Waals surface area contributed by atoms with Crippen LogP contribution in [0, 0.1) is 0 Å². The van der Waals surface area contributed by atoms with E-state index < -0.39 is 0 Å². The molecule has 0 saturated heterocycles. The first-order valence-electron chi connectivity index (χ1n) is 24.3. The summed E-state index contributed by atoms with van der Waals surface area (Å²) in [7, 11) is 0. The van der Waals surface area contributed by atoms with Gasteiger partial charge in [-0.05, 0) is 54.6 Å². The van der Waals surface area contributed by atoms with Gasteiger partial charge in [0.25, 0.3) is 0 Å². The van der Waals surface area contributed by atoms with Gasteiger partial charge in [0.2, 0.25) is 0 Å². The molecule has 344 valence electrons. The molecule has 3 heterocycles. The van der Waals surface area contributed by atoms with Gasteiger partial charge in [-0.2, -0.15) is 0 Å². The van der Waals surface area contributed by atoms with Crippen LogP contribution in [-0.2, 0) is 0 Å². The predicted molar refractivity (Wildman–Crippen MR) is 297 cm³/mol. The van der Waals surface area contributed by atoms with Crippen LogP contribution in [0.25, 0.3) is 102 Å². The van der Waals surface area contributed by atoms with Crippen LogP contribution in [0.15, 0.2) is 273 Å². The highest BCUT2D eigenvalue weighted by Gasteiger charge is 2.18. The summed E-state index contributed by atoms with van der Waals surface area (Å²) in [6.07, 6.45) is 0. The van der Waals surface area contributed by atoms with Crippen LogP contribution in [0.3, 0.4) is 0 Å². The van der Waals surface area contributed by atoms with Crippen LogP contribution < -0.4 is 4.90 Å². The van der Waals surface area contributed by atoms with Gasteiger partial charge < -0.3 is 4.90 Å². The van der Waals surface area contributed by atoms with Gasteiger partial charge in [-0.3, -0.25) is 0 Å². The van der Waals surface area contributed by atoms with Crippen LogP contribution in [0.4, 0.5) is 17.1 Å². The van der Waals surface area contributed by atoms with Crippen LogP contribution in [-0.4, -0.2) is 29.9 Å². The lowest BCUT2D eigenvalue weighted by molar-refractivity contribution is 1.18. The van der Waals surface area contributed by atoms with Crippen molar-refractivity contribution >= 4 is 17.1 Å². The highest BCUT2D eigenvalue weighted by Crippen LogP contribution is 2.39. The van der Waals surface area contributed by atoms with Crippen LogP contribution in [0.1, 0.15) is 0 Å². The van der Waals surface area contributed by atoms with E-state index in [4.69, 9.17) is 29.9 Å². The third-order valence-corrected chi connectivity index (χ3v) is 12.7. The number of anilines is 3. The summed E-state index contributed by atoms with van der Waals surface area (Å²) >= 11 is 0. The summed E-state index contributed by atoms with van der Waals surface area (Å²) < 4.78 is 0. The molecule has 0 aliphatic rings. The molecule has 0 unspecified atom stereocenters. The van der Waals surface area contributed by atoms with Crippen molar-refractivity contribution in [3.05, 3.63) is 273 Å². The average Bonchev–Trinajstić information content (AvgIpc) is 3.49. The van der Waals surface area contributed by atoms with Gasteiger partial charge in [0.1, 0.15) is 0 Å². The molecule has 0 radical (unpaired) electrons. The summed E-state index contributed by atoms with van der Waals surface area (Å²) in [6, 6.07) is 93.3. The molecular formula is C66H45N7. The van der Waals surface area contributed by atoms with Gasteiger partial charge in [0, 0.05) is 67.1 Å². The number of hydrogen-bond donors (Lipinski definition) is 0. The molecule has 0 saturated carbocycles. The number of rotatable bonds is 12. The van der Waals surface area contributed by atoms with E-state index in [1.54, 1.807) is 0 Å². The second-order valence-corrected chi connectivity index (χ2v) is 17.6. The van der Waals surface area contributed by atoms with E-state index in [1.807, 2.05) is 109 Å². The minimum Gasteiger partial charge on any atom is -0.311 e. The Hall–Kier alpha value is -9.98. The monoisotopic (exact) mass is 935 g/mol. The maximum atomic E-state index is 5.12. The summed E-state index contributed by atoms with van der Waals surface area (Å²) in [6.45, 7) is 0. The second-order valence-electron chi connectivity index (χ2n) is 17.6. The number of hydrogen-bond acceptors (Lipinski definition) is 7. The zero-order chi connectivity index (χ0) is 48.8. The molecule has 0 bridgehead atoms. The molecular weight excluding hydrogens is 891 g/mol. The average molecular weight is 936 g/mol. The predicted octanol–water partition coefficient (Wildman–Crippen LogP) is 16.5.